The second-order valence-electron chi connectivity index (χ2n) is 4.05. The summed E-state index contributed by atoms with van der Waals surface area (Å²) in [6.07, 6.45) is 0. The van der Waals surface area contributed by atoms with Gasteiger partial charge in [-0.3, -0.25) is 9.46 Å². The molecule has 0 aromatic heterocycles. The van der Waals surface area contributed by atoms with Gasteiger partial charge < -0.3 is 9.05 Å². The van der Waals surface area contributed by atoms with Crippen molar-refractivity contribution in [3.63, 3.8) is 0 Å². The summed E-state index contributed by atoms with van der Waals surface area (Å²) >= 11 is 3.41. The average Bonchev–Trinajstić information content (AvgIpc) is 2.45. The summed E-state index contributed by atoms with van der Waals surface area (Å²) in [4.78, 5) is 2.08. The van der Waals surface area contributed by atoms with Gasteiger partial charge in [0.2, 0.25) is 0 Å². The van der Waals surface area contributed by atoms with E-state index in [0.29, 0.717) is 0 Å². The summed E-state index contributed by atoms with van der Waals surface area (Å²) in [5.41, 5.74) is 0.930. The van der Waals surface area contributed by atoms with Gasteiger partial charge in [0.1, 0.15) is 5.78 Å². The summed E-state index contributed by atoms with van der Waals surface area (Å²) in [6, 6.07) is 7.75. The van der Waals surface area contributed by atoms with E-state index in [1.54, 1.807) is 0 Å². The quantitative estimate of drug-likeness (QED) is 0.689. The molecule has 0 bridgehead atoms. The molecule has 19 heavy (non-hydrogen) atoms. The second-order valence-corrected chi connectivity index (χ2v) is 7.27. The Morgan fingerprint density at radius 2 is 1.63 bits per heavy atom. The average molecular weight is 350 g/mol. The van der Waals surface area contributed by atoms with Crippen LogP contribution in [0.1, 0.15) is 25.2 Å². The first-order chi connectivity index (χ1) is 9.02. The Morgan fingerprint density at radius 1 is 1.16 bits per heavy atom. The van der Waals surface area contributed by atoms with Crippen LogP contribution >= 0.6 is 23.5 Å². The van der Waals surface area contributed by atoms with Crippen molar-refractivity contribution >= 4 is 23.5 Å². The van der Waals surface area contributed by atoms with Gasteiger partial charge in [0.15, 0.2) is 0 Å². The van der Waals surface area contributed by atoms with Crippen LogP contribution in [0.25, 0.3) is 0 Å². The van der Waals surface area contributed by atoms with E-state index in [2.05, 4.69) is 20.8 Å². The van der Waals surface area contributed by atoms with E-state index in [-0.39, 0.29) is 5.78 Å². The molecule has 108 valence electrons. The predicted octanol–water partition coefficient (Wildman–Crippen LogP) is 4.28. The summed E-state index contributed by atoms with van der Waals surface area (Å²) < 4.78 is 24.2. The van der Waals surface area contributed by atoms with Crippen LogP contribution in [-0.4, -0.2) is 32.2 Å². The number of hydrogen-bond acceptors (Lipinski definition) is 4. The molecule has 0 N–H and O–H groups in total. The Labute approximate surface area is 123 Å². The van der Waals surface area contributed by atoms with Crippen LogP contribution in [0, 0.1) is 0 Å². The van der Waals surface area contributed by atoms with E-state index in [4.69, 9.17) is 9.05 Å². The number of benzene rings is 1. The largest absolute Gasteiger partial charge is 0.351 e. The van der Waals surface area contributed by atoms with Gasteiger partial charge in [-0.2, -0.15) is 0 Å². The Morgan fingerprint density at radius 3 is 2.00 bits per heavy atom. The highest BCUT2D eigenvalue weighted by Crippen LogP contribution is 2.61. The Hall–Kier alpha value is -0.190. The summed E-state index contributed by atoms with van der Waals surface area (Å²) in [5.74, 6) is -0.384. The van der Waals surface area contributed by atoms with Crippen LogP contribution in [-0.2, 0) is 13.6 Å². The molecule has 0 aliphatic heterocycles. The first-order valence-corrected chi connectivity index (χ1v) is 8.63. The van der Waals surface area contributed by atoms with Crippen molar-refractivity contribution in [1.29, 1.82) is 0 Å². The molecular weight excluding hydrogens is 329 g/mol. The molecule has 0 amide bonds. The molecule has 0 spiro atoms. The first kappa shape index (κ1) is 16.9. The third kappa shape index (κ3) is 3.89. The molecule has 1 aromatic rings. The smallest absolute Gasteiger partial charge is 0.311 e. The van der Waals surface area contributed by atoms with Gasteiger partial charge in [-0.25, -0.2) is 0 Å². The van der Waals surface area contributed by atoms with Crippen LogP contribution in [0.5, 0.6) is 0 Å². The van der Waals surface area contributed by atoms with Gasteiger partial charge in [0, 0.05) is 18.7 Å². The maximum atomic E-state index is 12.8. The molecule has 0 heterocycles. The predicted molar refractivity (Wildman–Crippen MR) is 81.4 cm³/mol. The van der Waals surface area contributed by atoms with Crippen LogP contribution in [0.3, 0.4) is 0 Å². The Balaban J connectivity index is 3.26. The lowest BCUT2D eigenvalue weighted by Crippen LogP contribution is -2.29. The summed E-state index contributed by atoms with van der Waals surface area (Å²) in [5, 5.41) is 0. The second kappa shape index (κ2) is 7.55. The number of hydrogen-bond donors (Lipinski definition) is 0. The fraction of sp³-hybridized carbons (Fsp3) is 0.538. The molecule has 6 heteroatoms. The molecule has 0 fully saturated rings. The van der Waals surface area contributed by atoms with E-state index in [9.17, 15) is 4.57 Å². The molecule has 0 radical (unpaired) electrons. The first-order valence-electron chi connectivity index (χ1n) is 6.23. The van der Waals surface area contributed by atoms with Gasteiger partial charge in [-0.05, 0) is 30.8 Å². The fourth-order valence-corrected chi connectivity index (χ4v) is 4.15. The van der Waals surface area contributed by atoms with E-state index < -0.39 is 7.60 Å². The lowest BCUT2D eigenvalue weighted by Gasteiger charge is -2.33. The highest BCUT2D eigenvalue weighted by atomic mass is 79.9. The minimum Gasteiger partial charge on any atom is -0.311 e. The van der Waals surface area contributed by atoms with Crippen molar-refractivity contribution < 1.29 is 13.6 Å². The molecule has 0 aliphatic carbocycles. The number of rotatable bonds is 7. The van der Waals surface area contributed by atoms with Gasteiger partial charge in [0.05, 0.1) is 0 Å². The fourth-order valence-electron chi connectivity index (χ4n) is 2.07. The normalized spacial score (nSPS) is 13.8. The zero-order chi connectivity index (χ0) is 14.5. The maximum Gasteiger partial charge on any atom is 0.351 e. The van der Waals surface area contributed by atoms with Crippen molar-refractivity contribution in [3.8, 4) is 0 Å². The third-order valence-corrected chi connectivity index (χ3v) is 5.91. The molecule has 0 saturated carbocycles. The molecule has 1 aromatic carbocycles. The monoisotopic (exact) mass is 349 g/mol. The SMILES string of the molecule is CCN(CC)C(c1ccc(Br)cc1)P(=O)(OC)OC. The molecule has 1 unspecified atom stereocenters. The van der Waals surface area contributed by atoms with Gasteiger partial charge in [-0.15, -0.1) is 0 Å². The molecule has 4 nitrogen and oxygen atoms in total. The molecule has 0 aliphatic rings. The minimum absolute atomic E-state index is 0.384. The van der Waals surface area contributed by atoms with Gasteiger partial charge in [-0.1, -0.05) is 41.9 Å². The lowest BCUT2D eigenvalue weighted by molar-refractivity contribution is 0.199. The molecule has 1 atom stereocenters. The van der Waals surface area contributed by atoms with E-state index >= 15 is 0 Å². The molecule has 1 rings (SSSR count). The van der Waals surface area contributed by atoms with E-state index in [1.807, 2.05) is 38.1 Å². The highest BCUT2D eigenvalue weighted by Gasteiger charge is 2.38. The topological polar surface area (TPSA) is 38.8 Å². The van der Waals surface area contributed by atoms with Crippen molar-refractivity contribution in [2.45, 2.75) is 19.6 Å². The zero-order valence-electron chi connectivity index (χ0n) is 11.8. The van der Waals surface area contributed by atoms with Gasteiger partial charge in [0.25, 0.3) is 0 Å². The van der Waals surface area contributed by atoms with Crippen LogP contribution in [0.15, 0.2) is 28.7 Å². The van der Waals surface area contributed by atoms with Crippen molar-refractivity contribution in [1.82, 2.24) is 4.90 Å². The Bertz CT molecular complexity index is 426. The lowest BCUT2D eigenvalue weighted by atomic mass is 10.2. The standard InChI is InChI=1S/C13H21BrNO3P/c1-5-15(6-2)13(19(16,17-3)18-4)11-7-9-12(14)10-8-11/h7-10,13H,5-6H2,1-4H3. The number of halogens is 1. The zero-order valence-corrected chi connectivity index (χ0v) is 14.3. The van der Waals surface area contributed by atoms with Gasteiger partial charge >= 0.3 is 7.60 Å². The molecule has 0 saturated heterocycles. The summed E-state index contributed by atoms with van der Waals surface area (Å²) in [7, 11) is -0.346. The number of nitrogens with zero attached hydrogens (tertiary/aromatic N) is 1. The third-order valence-electron chi connectivity index (χ3n) is 3.13. The minimum atomic E-state index is -3.21. The van der Waals surface area contributed by atoms with Crippen LogP contribution in [0.4, 0.5) is 0 Å². The van der Waals surface area contributed by atoms with Crippen molar-refractivity contribution in [3.05, 3.63) is 34.3 Å². The molecular formula is C13H21BrNO3P. The summed E-state index contributed by atoms with van der Waals surface area (Å²) in [6.45, 7) is 5.61. The van der Waals surface area contributed by atoms with E-state index in [1.165, 1.54) is 14.2 Å². The van der Waals surface area contributed by atoms with Crippen LogP contribution < -0.4 is 0 Å². The maximum absolute atomic E-state index is 12.8. The van der Waals surface area contributed by atoms with E-state index in [0.717, 1.165) is 23.1 Å². The Kier molecular flexibility index (Phi) is 6.71. The van der Waals surface area contributed by atoms with Crippen molar-refractivity contribution in [2.75, 3.05) is 27.3 Å². The van der Waals surface area contributed by atoms with Crippen molar-refractivity contribution in [2.24, 2.45) is 0 Å². The highest BCUT2D eigenvalue weighted by molar-refractivity contribution is 9.10. The van der Waals surface area contributed by atoms with Crippen LogP contribution in [0.2, 0.25) is 0 Å².